The normalized spacial score (nSPS) is 30.8. The Morgan fingerprint density at radius 1 is 1.11 bits per heavy atom. The van der Waals surface area contributed by atoms with Gasteiger partial charge in [-0.05, 0) is 57.8 Å². The van der Waals surface area contributed by atoms with E-state index < -0.39 is 29.6 Å². The molecule has 1 aliphatic carbocycles. The molecule has 3 saturated heterocycles. The summed E-state index contributed by atoms with van der Waals surface area (Å²) in [7, 11) is 0. The molecule has 1 spiro atoms. The van der Waals surface area contributed by atoms with E-state index >= 15 is 0 Å². The molecule has 1 N–H and O–H groups in total. The molecule has 2 unspecified atom stereocenters. The number of carbonyl (C=O) groups excluding carboxylic acids is 3. The standard InChI is InChI=1S/C29H44N2O6/c1-3-5-6-12-20-36-28(35)23-22-15-16-29(37-22)24(23)26(33)31(18-10-11-19-32)25(29)27(34)30(17-4-2)21-13-8-7-9-14-21/h3-4,21-25,32H,1-2,5-20H2/t22-,23+,24+,25?,29?/m1/s1. The highest BCUT2D eigenvalue weighted by Crippen LogP contribution is 2.59. The quantitative estimate of drug-likeness (QED) is 0.216. The Morgan fingerprint density at radius 3 is 2.59 bits per heavy atom. The van der Waals surface area contributed by atoms with E-state index in [0.29, 0.717) is 45.4 Å². The molecule has 4 fully saturated rings. The van der Waals surface area contributed by atoms with Crippen LogP contribution in [0.1, 0.15) is 77.0 Å². The van der Waals surface area contributed by atoms with Crippen LogP contribution in [0.4, 0.5) is 0 Å². The number of unbranched alkanes of at least 4 members (excludes halogenated alkanes) is 3. The largest absolute Gasteiger partial charge is 0.465 e. The first-order valence-corrected chi connectivity index (χ1v) is 14.3. The monoisotopic (exact) mass is 516 g/mol. The minimum Gasteiger partial charge on any atom is -0.465 e. The van der Waals surface area contributed by atoms with E-state index in [2.05, 4.69) is 13.2 Å². The third-order valence-electron chi connectivity index (χ3n) is 8.78. The van der Waals surface area contributed by atoms with Gasteiger partial charge in [0.15, 0.2) is 0 Å². The van der Waals surface area contributed by atoms with Gasteiger partial charge in [0, 0.05) is 25.7 Å². The molecule has 2 amide bonds. The van der Waals surface area contributed by atoms with E-state index in [0.717, 1.165) is 44.9 Å². The summed E-state index contributed by atoms with van der Waals surface area (Å²) >= 11 is 0. The average molecular weight is 517 g/mol. The van der Waals surface area contributed by atoms with Crippen molar-refractivity contribution < 1.29 is 29.0 Å². The van der Waals surface area contributed by atoms with Gasteiger partial charge in [-0.3, -0.25) is 14.4 Å². The maximum absolute atomic E-state index is 14.3. The predicted octanol–water partition coefficient (Wildman–Crippen LogP) is 3.38. The third-order valence-corrected chi connectivity index (χ3v) is 8.78. The Hall–Kier alpha value is -2.19. The summed E-state index contributed by atoms with van der Waals surface area (Å²) in [5.74, 6) is -2.05. The lowest BCUT2D eigenvalue weighted by molar-refractivity contribution is -0.155. The molecule has 0 radical (unpaired) electrons. The van der Waals surface area contributed by atoms with E-state index in [1.807, 2.05) is 11.0 Å². The van der Waals surface area contributed by atoms with Crippen molar-refractivity contribution in [2.75, 3.05) is 26.3 Å². The minimum atomic E-state index is -1.00. The number of hydrogen-bond donors (Lipinski definition) is 1. The molecule has 4 aliphatic rings. The molecule has 5 atom stereocenters. The number of aliphatic hydroxyl groups is 1. The van der Waals surface area contributed by atoms with Gasteiger partial charge in [0.05, 0.1) is 24.5 Å². The van der Waals surface area contributed by atoms with Gasteiger partial charge in [0.2, 0.25) is 11.8 Å². The molecule has 37 heavy (non-hydrogen) atoms. The molecule has 8 nitrogen and oxygen atoms in total. The van der Waals surface area contributed by atoms with Gasteiger partial charge < -0.3 is 24.4 Å². The maximum atomic E-state index is 14.3. The second kappa shape index (κ2) is 12.6. The molecule has 8 heteroatoms. The highest BCUT2D eigenvalue weighted by molar-refractivity contribution is 5.98. The maximum Gasteiger partial charge on any atom is 0.312 e. The molecule has 2 bridgehead atoms. The van der Waals surface area contributed by atoms with Crippen LogP contribution in [0.15, 0.2) is 25.3 Å². The van der Waals surface area contributed by atoms with Crippen molar-refractivity contribution >= 4 is 17.8 Å². The molecule has 0 aromatic rings. The van der Waals surface area contributed by atoms with Gasteiger partial charge in [-0.2, -0.15) is 0 Å². The Bertz CT molecular complexity index is 855. The van der Waals surface area contributed by atoms with Crippen molar-refractivity contribution in [2.24, 2.45) is 11.8 Å². The van der Waals surface area contributed by atoms with Crippen LogP contribution < -0.4 is 0 Å². The van der Waals surface area contributed by atoms with Crippen LogP contribution in [-0.2, 0) is 23.9 Å². The zero-order chi connectivity index (χ0) is 26.4. The summed E-state index contributed by atoms with van der Waals surface area (Å²) in [5, 5.41) is 9.34. The van der Waals surface area contributed by atoms with Crippen molar-refractivity contribution in [1.29, 1.82) is 0 Å². The summed E-state index contributed by atoms with van der Waals surface area (Å²) < 4.78 is 12.1. The first kappa shape index (κ1) is 27.8. The average Bonchev–Trinajstić information content (AvgIpc) is 3.55. The second-order valence-corrected chi connectivity index (χ2v) is 11.0. The highest BCUT2D eigenvalue weighted by atomic mass is 16.6. The number of esters is 1. The number of allylic oxidation sites excluding steroid dienone is 1. The van der Waals surface area contributed by atoms with Gasteiger partial charge in [0.25, 0.3) is 0 Å². The lowest BCUT2D eigenvalue weighted by Gasteiger charge is -2.40. The fraction of sp³-hybridized carbons (Fsp3) is 0.759. The van der Waals surface area contributed by atoms with E-state index in [4.69, 9.17) is 9.47 Å². The van der Waals surface area contributed by atoms with Crippen molar-refractivity contribution in [3.63, 3.8) is 0 Å². The molecule has 0 aromatic carbocycles. The number of amides is 2. The SMILES string of the molecule is C=CCCCCOC(=O)[C@@H]1[C@H]2C(=O)N(CCCCO)C(C(=O)N(CC=C)C3CCCCC3)C23CC[C@H]1O3. The van der Waals surface area contributed by atoms with Gasteiger partial charge in [-0.15, -0.1) is 13.2 Å². The number of likely N-dealkylation sites (tertiary alicyclic amines) is 1. The third kappa shape index (κ3) is 5.37. The lowest BCUT2D eigenvalue weighted by atomic mass is 9.70. The van der Waals surface area contributed by atoms with Crippen LogP contribution in [0.3, 0.4) is 0 Å². The number of rotatable bonds is 14. The Balaban J connectivity index is 1.59. The molecule has 206 valence electrons. The Kier molecular flexibility index (Phi) is 9.46. The minimum absolute atomic E-state index is 0.0270. The van der Waals surface area contributed by atoms with Crippen molar-refractivity contribution in [3.8, 4) is 0 Å². The summed E-state index contributed by atoms with van der Waals surface area (Å²) in [4.78, 5) is 45.1. The number of ether oxygens (including phenoxy) is 2. The summed E-state index contributed by atoms with van der Waals surface area (Å²) in [6.07, 6.45) is 13.3. The van der Waals surface area contributed by atoms with Gasteiger partial charge >= 0.3 is 5.97 Å². The lowest BCUT2D eigenvalue weighted by Crippen LogP contribution is -2.58. The Morgan fingerprint density at radius 2 is 1.89 bits per heavy atom. The molecular formula is C29H44N2O6. The number of aliphatic hydroxyl groups excluding tert-OH is 1. The van der Waals surface area contributed by atoms with Crippen LogP contribution in [0.2, 0.25) is 0 Å². The fourth-order valence-corrected chi connectivity index (χ4v) is 7.10. The number of carbonyl (C=O) groups is 3. The molecule has 3 heterocycles. The summed E-state index contributed by atoms with van der Waals surface area (Å²) in [5.41, 5.74) is -1.00. The highest BCUT2D eigenvalue weighted by Gasteiger charge is 2.75. The van der Waals surface area contributed by atoms with E-state index in [9.17, 15) is 19.5 Å². The number of nitrogens with zero attached hydrogens (tertiary/aromatic N) is 2. The van der Waals surface area contributed by atoms with Crippen molar-refractivity contribution in [1.82, 2.24) is 9.80 Å². The topological polar surface area (TPSA) is 96.4 Å². The number of fused-ring (bicyclic) bond motifs is 1. The van der Waals surface area contributed by atoms with Crippen LogP contribution in [0.25, 0.3) is 0 Å². The van der Waals surface area contributed by atoms with Gasteiger partial charge in [-0.25, -0.2) is 0 Å². The van der Waals surface area contributed by atoms with Crippen LogP contribution >= 0.6 is 0 Å². The predicted molar refractivity (Wildman–Crippen MR) is 139 cm³/mol. The van der Waals surface area contributed by atoms with Crippen molar-refractivity contribution in [3.05, 3.63) is 25.3 Å². The Labute approximate surface area is 221 Å². The molecule has 0 aromatic heterocycles. The zero-order valence-electron chi connectivity index (χ0n) is 22.2. The van der Waals surface area contributed by atoms with E-state index in [1.165, 1.54) is 6.42 Å². The molecule has 4 rings (SSSR count). The van der Waals surface area contributed by atoms with Gasteiger partial charge in [-0.1, -0.05) is 31.4 Å². The molecule has 1 saturated carbocycles. The first-order valence-electron chi connectivity index (χ1n) is 14.3. The van der Waals surface area contributed by atoms with Crippen LogP contribution in [0.5, 0.6) is 0 Å². The zero-order valence-corrected chi connectivity index (χ0v) is 22.2. The fourth-order valence-electron chi connectivity index (χ4n) is 7.10. The summed E-state index contributed by atoms with van der Waals surface area (Å²) in [6.45, 7) is 8.73. The molecule has 3 aliphatic heterocycles. The summed E-state index contributed by atoms with van der Waals surface area (Å²) in [6, 6.07) is -0.639. The van der Waals surface area contributed by atoms with E-state index in [-0.39, 0.29) is 30.4 Å². The van der Waals surface area contributed by atoms with Crippen LogP contribution in [-0.4, -0.2) is 82.8 Å². The van der Waals surface area contributed by atoms with E-state index in [1.54, 1.807) is 11.0 Å². The molecular weight excluding hydrogens is 472 g/mol. The smallest absolute Gasteiger partial charge is 0.312 e. The van der Waals surface area contributed by atoms with Gasteiger partial charge in [0.1, 0.15) is 11.6 Å². The second-order valence-electron chi connectivity index (χ2n) is 11.0. The van der Waals surface area contributed by atoms with Crippen LogP contribution in [0, 0.1) is 11.8 Å². The first-order chi connectivity index (χ1) is 18.0. The number of hydrogen-bond acceptors (Lipinski definition) is 6. The van der Waals surface area contributed by atoms with Crippen molar-refractivity contribution in [2.45, 2.75) is 101 Å².